The zero-order valence-electron chi connectivity index (χ0n) is 16.1. The Bertz CT molecular complexity index is 994. The molecular weight excluding hydrogens is 491 g/mol. The predicted molar refractivity (Wildman–Crippen MR) is 111 cm³/mol. The minimum Gasteiger partial charge on any atom is -0.387 e. The molecule has 0 saturated carbocycles. The fourth-order valence-electron chi connectivity index (χ4n) is 3.10. The van der Waals surface area contributed by atoms with Crippen LogP contribution in [0.15, 0.2) is 11.2 Å². The van der Waals surface area contributed by atoms with E-state index >= 15 is 0 Å². The smallest absolute Gasteiger partial charge is 0.387 e. The van der Waals surface area contributed by atoms with Crippen molar-refractivity contribution in [1.29, 1.82) is 0 Å². The summed E-state index contributed by atoms with van der Waals surface area (Å²) in [6, 6.07) is 0. The minimum absolute atomic E-state index is 0.109. The molecule has 0 aromatic carbocycles. The number of aliphatic hydroxyl groups is 2. The third-order valence-corrected chi connectivity index (χ3v) is 7.38. The Morgan fingerprint density at radius 3 is 2.88 bits per heavy atom. The second-order valence-electron chi connectivity index (χ2n) is 6.38. The molecule has 18 heteroatoms. The summed E-state index contributed by atoms with van der Waals surface area (Å²) in [4.78, 5) is 21.8. The molecule has 8 atom stereocenters. The van der Waals surface area contributed by atoms with E-state index in [2.05, 4.69) is 30.8 Å². The van der Waals surface area contributed by atoms with Gasteiger partial charge in [0.2, 0.25) is 0 Å². The van der Waals surface area contributed by atoms with Crippen LogP contribution in [0.1, 0.15) is 23.5 Å². The van der Waals surface area contributed by atoms with Crippen LogP contribution in [0.3, 0.4) is 0 Å². The largest absolute Gasteiger partial charge is 0.708 e. The molecule has 1 fully saturated rings. The summed E-state index contributed by atoms with van der Waals surface area (Å²) < 4.78 is 43.2. The van der Waals surface area contributed by atoms with E-state index in [1.165, 1.54) is 10.9 Å². The molecule has 0 radical (unpaired) electrons. The number of aromatic nitrogens is 1. The zero-order chi connectivity index (χ0) is 23.5. The molecule has 5 unspecified atom stereocenters. The highest BCUT2D eigenvalue weighted by Crippen LogP contribution is 2.55. The van der Waals surface area contributed by atoms with Gasteiger partial charge in [0.25, 0.3) is 0 Å². The number of hydrogen-bond acceptors (Lipinski definition) is 13. The number of nitrogens with one attached hydrogen (secondary N) is 1. The predicted octanol–water partition coefficient (Wildman–Crippen LogP) is -0.863. The lowest BCUT2D eigenvalue weighted by molar-refractivity contribution is -0.0481. The molecule has 15 nitrogen and oxygen atoms in total. The first-order valence-corrected chi connectivity index (χ1v) is 12.3. The van der Waals surface area contributed by atoms with Gasteiger partial charge in [0.1, 0.15) is 36.9 Å². The number of nitrogens with two attached hydrogens (primary N) is 2. The van der Waals surface area contributed by atoms with Crippen molar-refractivity contribution in [3.05, 3.63) is 17.3 Å². The van der Waals surface area contributed by atoms with Crippen LogP contribution in [0.4, 0.5) is 5.82 Å². The molecule has 0 aliphatic carbocycles. The van der Waals surface area contributed by atoms with Gasteiger partial charge >= 0.3 is 16.1 Å². The molecule has 1 aromatic rings. The number of fused-ring (bicyclic) bond motifs is 1. The lowest BCUT2D eigenvalue weighted by atomic mass is 10.1. The lowest BCUT2D eigenvalue weighted by Gasteiger charge is -2.22. The Morgan fingerprint density at radius 1 is 1.44 bits per heavy atom. The maximum atomic E-state index is 11.7. The van der Waals surface area contributed by atoms with E-state index in [1.807, 2.05) is 0 Å². The van der Waals surface area contributed by atoms with E-state index in [0.29, 0.717) is 16.9 Å². The van der Waals surface area contributed by atoms with E-state index in [1.54, 1.807) is 6.20 Å². The molecule has 1 aromatic heterocycles. The highest BCUT2D eigenvalue weighted by molar-refractivity contribution is 7.60. The summed E-state index contributed by atoms with van der Waals surface area (Å²) >= 11 is 0. The minimum atomic E-state index is -4.78. The molecule has 9 N–H and O–H groups in total. The number of aliphatic imine (C=N–C) groups is 1. The van der Waals surface area contributed by atoms with Crippen molar-refractivity contribution in [1.82, 2.24) is 4.57 Å². The summed E-state index contributed by atoms with van der Waals surface area (Å²) in [7, 11) is -9.32. The number of anilines is 1. The lowest BCUT2D eigenvalue weighted by Crippen LogP contribution is -2.33. The number of rotatable bonds is 8. The standard InChI is InChI=1S/C14H20N5O10P3/c15-3-1-2-7-4-19(13-9(7)12(16)17-6-18-13)14-11(21)10(20)8(27-14)5-26-31(23)29-32(24,25)28-30-22/h4,6,8,10-12,14,20-22,30H,3,5,15-16H2,(H-,17,18,24,25)/p+1/t8-,10?,11+,12?,14-/m1/s1. The quantitative estimate of drug-likeness (QED) is 0.166. The molecule has 32 heavy (non-hydrogen) atoms. The molecule has 1 saturated heterocycles. The SMILES string of the molecule is NCC#Cc1cn([C@@H]2O[C@H](CO[P+](=O)OP(=O)(O)OPO)C(O)[C@@H]2O)c2c1C(N)N=CN2. The Kier molecular flexibility index (Phi) is 8.48. The Balaban J connectivity index is 1.74. The second-order valence-corrected chi connectivity index (χ2v) is 9.59. The average Bonchev–Trinajstić information content (AvgIpc) is 3.23. The van der Waals surface area contributed by atoms with Gasteiger partial charge in [0, 0.05) is 16.3 Å². The number of aliphatic hydroxyl groups excluding tert-OH is 2. The molecule has 3 heterocycles. The second kappa shape index (κ2) is 10.7. The van der Waals surface area contributed by atoms with Crippen molar-refractivity contribution in [3.8, 4) is 11.8 Å². The highest BCUT2D eigenvalue weighted by Gasteiger charge is 2.47. The van der Waals surface area contributed by atoms with Gasteiger partial charge in [-0.2, -0.15) is 0 Å². The molecule has 176 valence electrons. The van der Waals surface area contributed by atoms with Gasteiger partial charge in [-0.25, -0.2) is 8.88 Å². The summed E-state index contributed by atoms with van der Waals surface area (Å²) in [6.07, 6.45) is -3.01. The van der Waals surface area contributed by atoms with Crippen molar-refractivity contribution in [2.75, 3.05) is 18.5 Å². The normalized spacial score (nSPS) is 29.3. The van der Waals surface area contributed by atoms with Gasteiger partial charge in [-0.1, -0.05) is 11.8 Å². The molecule has 2 aliphatic heterocycles. The van der Waals surface area contributed by atoms with Crippen LogP contribution in [0, 0.1) is 11.8 Å². The molecule has 0 spiro atoms. The first-order chi connectivity index (χ1) is 15.2. The summed E-state index contributed by atoms with van der Waals surface area (Å²) in [5.74, 6) is 6.01. The van der Waals surface area contributed by atoms with Crippen molar-refractivity contribution < 1.29 is 47.0 Å². The third-order valence-electron chi connectivity index (χ3n) is 4.41. The molecule has 0 amide bonds. The van der Waals surface area contributed by atoms with Crippen LogP contribution < -0.4 is 16.8 Å². The Hall–Kier alpha value is -1.33. The van der Waals surface area contributed by atoms with Crippen molar-refractivity contribution >= 4 is 37.3 Å². The first-order valence-electron chi connectivity index (χ1n) is 8.88. The fourth-order valence-corrected chi connectivity index (χ4v) is 5.08. The van der Waals surface area contributed by atoms with Crippen LogP contribution in [0.5, 0.6) is 0 Å². The van der Waals surface area contributed by atoms with E-state index in [0.717, 1.165) is 0 Å². The van der Waals surface area contributed by atoms with E-state index < -0.39 is 62.4 Å². The van der Waals surface area contributed by atoms with E-state index in [9.17, 15) is 24.2 Å². The van der Waals surface area contributed by atoms with Crippen LogP contribution in [0.25, 0.3) is 0 Å². The molecule has 3 rings (SSSR count). The van der Waals surface area contributed by atoms with Gasteiger partial charge < -0.3 is 41.2 Å². The Labute approximate surface area is 184 Å². The van der Waals surface area contributed by atoms with Crippen molar-refractivity contribution in [2.45, 2.75) is 30.7 Å². The molecule has 2 aliphatic rings. The maximum Gasteiger partial charge on any atom is 0.708 e. The highest BCUT2D eigenvalue weighted by atomic mass is 31.3. The van der Waals surface area contributed by atoms with Crippen molar-refractivity contribution in [2.24, 2.45) is 16.5 Å². The number of phosphoric acid groups is 1. The van der Waals surface area contributed by atoms with Gasteiger partial charge in [0.05, 0.1) is 18.4 Å². The zero-order valence-corrected chi connectivity index (χ0v) is 18.9. The van der Waals surface area contributed by atoms with Crippen LogP contribution >= 0.6 is 25.1 Å². The maximum absolute atomic E-state index is 11.7. The number of ether oxygens (including phenoxy) is 1. The molecular formula is C14H21N5O10P3+. The topological polar surface area (TPSA) is 233 Å². The van der Waals surface area contributed by atoms with Crippen molar-refractivity contribution in [3.63, 3.8) is 0 Å². The summed E-state index contributed by atoms with van der Waals surface area (Å²) in [5.41, 5.74) is 12.5. The number of nitrogens with zero attached hydrogens (tertiary/aromatic N) is 2. The van der Waals surface area contributed by atoms with Crippen LogP contribution in [-0.2, 0) is 27.0 Å². The van der Waals surface area contributed by atoms with Gasteiger partial charge in [-0.3, -0.25) is 9.89 Å². The van der Waals surface area contributed by atoms with E-state index in [4.69, 9.17) is 25.6 Å². The summed E-state index contributed by atoms with van der Waals surface area (Å²) in [6.45, 7) is -0.458. The Morgan fingerprint density at radius 2 is 2.19 bits per heavy atom. The van der Waals surface area contributed by atoms with E-state index in [-0.39, 0.29) is 6.54 Å². The van der Waals surface area contributed by atoms with Gasteiger partial charge in [-0.15, -0.1) is 4.52 Å². The van der Waals surface area contributed by atoms with Gasteiger partial charge in [0.15, 0.2) is 15.3 Å². The monoisotopic (exact) mass is 512 g/mol. The fraction of sp³-hybridized carbons (Fsp3) is 0.500. The average molecular weight is 512 g/mol. The van der Waals surface area contributed by atoms with Crippen LogP contribution in [0.2, 0.25) is 0 Å². The molecule has 0 bridgehead atoms. The van der Waals surface area contributed by atoms with Crippen LogP contribution in [-0.4, -0.2) is 62.4 Å². The number of hydrogen-bond donors (Lipinski definition) is 7. The summed E-state index contributed by atoms with van der Waals surface area (Å²) in [5, 5.41) is 23.8. The first kappa shape index (κ1) is 25.3. The van der Waals surface area contributed by atoms with Gasteiger partial charge in [-0.05, 0) is 4.31 Å². The third kappa shape index (κ3) is 5.59.